The van der Waals surface area contributed by atoms with Crippen LogP contribution in [0.15, 0.2) is 30.3 Å². The Morgan fingerprint density at radius 3 is 2.26 bits per heavy atom. The number of benzene rings is 1. The Hall–Kier alpha value is -2.62. The lowest BCUT2D eigenvalue weighted by molar-refractivity contribution is -0.182. The summed E-state index contributed by atoms with van der Waals surface area (Å²) in [6, 6.07) is 7.36. The highest BCUT2D eigenvalue weighted by Crippen LogP contribution is 2.36. The van der Waals surface area contributed by atoms with E-state index in [-0.39, 0.29) is 37.5 Å². The zero-order valence-corrected chi connectivity index (χ0v) is 18.5. The van der Waals surface area contributed by atoms with Crippen molar-refractivity contribution in [1.29, 1.82) is 0 Å². The Bertz CT molecular complexity index is 799. The van der Waals surface area contributed by atoms with Crippen LogP contribution in [-0.2, 0) is 25.7 Å². The van der Waals surface area contributed by atoms with Gasteiger partial charge in [0.05, 0.1) is 12.1 Å². The van der Waals surface area contributed by atoms with Crippen LogP contribution in [0.2, 0.25) is 0 Å². The van der Waals surface area contributed by atoms with Crippen molar-refractivity contribution in [3.05, 3.63) is 35.9 Å². The SMILES string of the molecule is COC(=O)C(F)(F)C(C1CCN(C(=O)OCc2ccccc2)CC1)N(C(C)=O)C(C)=S. The van der Waals surface area contributed by atoms with E-state index in [0.29, 0.717) is 0 Å². The van der Waals surface area contributed by atoms with E-state index in [4.69, 9.17) is 17.0 Å². The van der Waals surface area contributed by atoms with Crippen LogP contribution in [0.3, 0.4) is 0 Å². The predicted octanol–water partition coefficient (Wildman–Crippen LogP) is 3.41. The highest BCUT2D eigenvalue weighted by molar-refractivity contribution is 7.80. The third kappa shape index (κ3) is 5.96. The number of thiocarbonyl (C=S) groups is 1. The number of hydrogen-bond donors (Lipinski definition) is 0. The first-order valence-electron chi connectivity index (χ1n) is 9.81. The first kappa shape index (κ1) is 24.6. The number of likely N-dealkylation sites (tertiary alicyclic amines) is 1. The third-order valence-corrected chi connectivity index (χ3v) is 5.43. The lowest BCUT2D eigenvalue weighted by atomic mass is 9.84. The molecule has 7 nitrogen and oxygen atoms in total. The number of carbonyl (C=O) groups is 3. The molecule has 1 atom stereocenters. The summed E-state index contributed by atoms with van der Waals surface area (Å²) in [6.07, 6.45) is -0.262. The summed E-state index contributed by atoms with van der Waals surface area (Å²) in [5.41, 5.74) is 0.831. The summed E-state index contributed by atoms with van der Waals surface area (Å²) >= 11 is 5.01. The second-order valence-corrected chi connectivity index (χ2v) is 7.92. The van der Waals surface area contributed by atoms with Crippen LogP contribution in [0.4, 0.5) is 13.6 Å². The molecule has 1 aromatic carbocycles. The van der Waals surface area contributed by atoms with Crippen LogP contribution in [0.1, 0.15) is 32.3 Å². The number of piperidine rings is 1. The molecule has 1 aliphatic heterocycles. The van der Waals surface area contributed by atoms with Gasteiger partial charge < -0.3 is 14.4 Å². The molecule has 1 aromatic rings. The van der Waals surface area contributed by atoms with Gasteiger partial charge in [0.25, 0.3) is 0 Å². The zero-order chi connectivity index (χ0) is 23.2. The van der Waals surface area contributed by atoms with Gasteiger partial charge in [0.15, 0.2) is 0 Å². The van der Waals surface area contributed by atoms with Gasteiger partial charge in [-0.05, 0) is 31.2 Å². The van der Waals surface area contributed by atoms with Crippen LogP contribution in [0.25, 0.3) is 0 Å². The standard InChI is InChI=1S/C21H26F2N2O5S/c1-14(26)25(15(2)31)18(21(22,23)19(27)29-3)17-9-11-24(12-10-17)20(28)30-13-16-7-5-4-6-8-16/h4-8,17-18H,9-13H2,1-3H3. The Balaban J connectivity index is 2.10. The Labute approximate surface area is 185 Å². The minimum Gasteiger partial charge on any atom is -0.465 e. The molecule has 0 radical (unpaired) electrons. The Kier molecular flexibility index (Phi) is 8.43. The molecule has 2 amide bonds. The fourth-order valence-corrected chi connectivity index (χ4v) is 3.99. The first-order chi connectivity index (χ1) is 14.6. The highest BCUT2D eigenvalue weighted by atomic mass is 32.1. The number of carbonyl (C=O) groups excluding carboxylic acids is 3. The maximum atomic E-state index is 15.0. The Morgan fingerprint density at radius 2 is 1.77 bits per heavy atom. The van der Waals surface area contributed by atoms with Crippen LogP contribution >= 0.6 is 12.2 Å². The maximum Gasteiger partial charge on any atom is 0.410 e. The molecule has 0 saturated carbocycles. The van der Waals surface area contributed by atoms with Gasteiger partial charge in [-0.1, -0.05) is 42.5 Å². The number of rotatable bonds is 6. The van der Waals surface area contributed by atoms with Gasteiger partial charge in [-0.15, -0.1) is 0 Å². The van der Waals surface area contributed by atoms with Crippen molar-refractivity contribution in [3.8, 4) is 0 Å². The predicted molar refractivity (Wildman–Crippen MR) is 112 cm³/mol. The number of esters is 1. The van der Waals surface area contributed by atoms with Crippen molar-refractivity contribution in [2.75, 3.05) is 20.2 Å². The molecule has 0 aromatic heterocycles. The maximum absolute atomic E-state index is 15.0. The molecule has 0 spiro atoms. The first-order valence-corrected chi connectivity index (χ1v) is 10.2. The number of halogens is 2. The molecule has 0 N–H and O–H groups in total. The van der Waals surface area contributed by atoms with Gasteiger partial charge in [-0.2, -0.15) is 8.78 Å². The van der Waals surface area contributed by atoms with Gasteiger partial charge in [0.2, 0.25) is 5.91 Å². The molecule has 31 heavy (non-hydrogen) atoms. The fourth-order valence-electron chi connectivity index (χ4n) is 3.75. The summed E-state index contributed by atoms with van der Waals surface area (Å²) in [7, 11) is 0.862. The van der Waals surface area contributed by atoms with Crippen molar-refractivity contribution in [3.63, 3.8) is 0 Å². The van der Waals surface area contributed by atoms with E-state index in [1.54, 1.807) is 0 Å². The minimum atomic E-state index is -3.96. The van der Waals surface area contributed by atoms with E-state index in [0.717, 1.165) is 24.5 Å². The smallest absolute Gasteiger partial charge is 0.410 e. The topological polar surface area (TPSA) is 76.2 Å². The lowest BCUT2D eigenvalue weighted by Crippen LogP contribution is -2.60. The summed E-state index contributed by atoms with van der Waals surface area (Å²) in [4.78, 5) is 38.4. The van der Waals surface area contributed by atoms with Gasteiger partial charge in [0, 0.05) is 20.0 Å². The van der Waals surface area contributed by atoms with Crippen molar-refractivity contribution in [2.24, 2.45) is 5.92 Å². The number of amides is 2. The molecule has 0 aliphatic carbocycles. The minimum absolute atomic E-state index is 0.0641. The highest BCUT2D eigenvalue weighted by Gasteiger charge is 2.56. The lowest BCUT2D eigenvalue weighted by Gasteiger charge is -2.42. The van der Waals surface area contributed by atoms with Crippen LogP contribution in [0.5, 0.6) is 0 Å². The molecule has 1 heterocycles. The number of methoxy groups -OCH3 is 1. The molecule has 170 valence electrons. The van der Waals surface area contributed by atoms with Gasteiger partial charge in [-0.3, -0.25) is 9.69 Å². The molecule has 0 bridgehead atoms. The van der Waals surface area contributed by atoms with E-state index in [2.05, 4.69) is 4.74 Å². The molecule has 1 unspecified atom stereocenters. The van der Waals surface area contributed by atoms with Crippen LogP contribution in [-0.4, -0.2) is 64.9 Å². The molecule has 10 heteroatoms. The summed E-state index contributed by atoms with van der Waals surface area (Å²) in [6.45, 7) is 2.87. The van der Waals surface area contributed by atoms with Crippen molar-refractivity contribution >= 4 is 35.2 Å². The average molecular weight is 457 g/mol. The zero-order valence-electron chi connectivity index (χ0n) is 17.7. The number of nitrogens with zero attached hydrogens (tertiary/aromatic N) is 2. The molecular formula is C21H26F2N2O5S. The number of ether oxygens (including phenoxy) is 2. The van der Waals surface area contributed by atoms with E-state index in [9.17, 15) is 23.2 Å². The van der Waals surface area contributed by atoms with E-state index in [1.807, 2.05) is 30.3 Å². The summed E-state index contributed by atoms with van der Waals surface area (Å²) < 4.78 is 39.5. The second kappa shape index (κ2) is 10.6. The van der Waals surface area contributed by atoms with Crippen LogP contribution in [0, 0.1) is 5.92 Å². The average Bonchev–Trinajstić information content (AvgIpc) is 2.75. The quantitative estimate of drug-likeness (QED) is 0.482. The summed E-state index contributed by atoms with van der Waals surface area (Å²) in [5, 5.41) is 0. The molecule has 1 aliphatic rings. The van der Waals surface area contributed by atoms with Crippen LogP contribution < -0.4 is 0 Å². The molecule has 1 saturated heterocycles. The van der Waals surface area contributed by atoms with Crippen molar-refractivity contribution in [1.82, 2.24) is 9.80 Å². The molecular weight excluding hydrogens is 430 g/mol. The summed E-state index contributed by atoms with van der Waals surface area (Å²) in [5.74, 6) is -7.15. The Morgan fingerprint density at radius 1 is 1.19 bits per heavy atom. The van der Waals surface area contributed by atoms with E-state index in [1.165, 1.54) is 11.8 Å². The number of hydrogen-bond acceptors (Lipinski definition) is 6. The number of alkyl halides is 2. The third-order valence-electron chi connectivity index (χ3n) is 5.24. The van der Waals surface area contributed by atoms with Crippen molar-refractivity contribution < 1.29 is 32.6 Å². The van der Waals surface area contributed by atoms with Gasteiger partial charge >= 0.3 is 18.0 Å². The van der Waals surface area contributed by atoms with Crippen molar-refractivity contribution in [2.45, 2.75) is 45.3 Å². The fraction of sp³-hybridized carbons (Fsp3) is 0.524. The largest absolute Gasteiger partial charge is 0.465 e. The van der Waals surface area contributed by atoms with E-state index < -0.39 is 35.9 Å². The van der Waals surface area contributed by atoms with Gasteiger partial charge in [0.1, 0.15) is 12.6 Å². The van der Waals surface area contributed by atoms with E-state index >= 15 is 0 Å². The molecule has 1 fully saturated rings. The second-order valence-electron chi connectivity index (χ2n) is 7.33. The normalized spacial score (nSPS) is 15.7. The van der Waals surface area contributed by atoms with Gasteiger partial charge in [-0.25, -0.2) is 9.59 Å². The molecule has 2 rings (SSSR count). The monoisotopic (exact) mass is 456 g/mol.